The lowest BCUT2D eigenvalue weighted by Crippen LogP contribution is -2.22. The quantitative estimate of drug-likeness (QED) is 0.605. The summed E-state index contributed by atoms with van der Waals surface area (Å²) < 4.78 is 0. The fourth-order valence-corrected chi connectivity index (χ4v) is 0.784. The van der Waals surface area contributed by atoms with Crippen LogP contribution in [0.25, 0.3) is 0 Å². The van der Waals surface area contributed by atoms with Gasteiger partial charge in [0.1, 0.15) is 0 Å². The monoisotopic (exact) mass is 128 g/mol. The van der Waals surface area contributed by atoms with Crippen LogP contribution in [0, 0.1) is 12.3 Å². The van der Waals surface area contributed by atoms with E-state index in [0.29, 0.717) is 0 Å². The van der Waals surface area contributed by atoms with Crippen LogP contribution >= 0.6 is 0 Å². The van der Waals surface area contributed by atoms with Gasteiger partial charge in [-0.3, -0.25) is 4.79 Å². The number of rotatable bonds is 4. The highest BCUT2D eigenvalue weighted by Crippen LogP contribution is 2.07. The topological polar surface area (TPSA) is 43.1 Å². The van der Waals surface area contributed by atoms with E-state index in [9.17, 15) is 4.79 Å². The Kier molecular flexibility index (Phi) is 4.10. The molecule has 0 aromatic heterocycles. The summed E-state index contributed by atoms with van der Waals surface area (Å²) in [4.78, 5) is 10.5. The highest BCUT2D eigenvalue weighted by atomic mass is 16.1. The van der Waals surface area contributed by atoms with E-state index >= 15 is 0 Å². The summed E-state index contributed by atoms with van der Waals surface area (Å²) in [5.41, 5.74) is 5.06. The van der Waals surface area contributed by atoms with Crippen LogP contribution in [0.1, 0.15) is 26.7 Å². The van der Waals surface area contributed by atoms with E-state index < -0.39 is 0 Å². The molecule has 0 saturated carbocycles. The van der Waals surface area contributed by atoms with Crippen molar-refractivity contribution in [1.82, 2.24) is 0 Å². The molecule has 0 aliphatic heterocycles. The second-order valence-corrected chi connectivity index (χ2v) is 2.13. The molecule has 0 aromatic rings. The van der Waals surface area contributed by atoms with E-state index in [2.05, 4.69) is 0 Å². The molecule has 1 radical (unpaired) electrons. The van der Waals surface area contributed by atoms with Crippen molar-refractivity contribution in [2.45, 2.75) is 26.7 Å². The highest BCUT2D eigenvalue weighted by molar-refractivity contribution is 5.77. The van der Waals surface area contributed by atoms with Gasteiger partial charge >= 0.3 is 0 Å². The Morgan fingerprint density at radius 2 is 2.33 bits per heavy atom. The summed E-state index contributed by atoms with van der Waals surface area (Å²) in [5.74, 6) is -0.227. The first-order chi connectivity index (χ1) is 4.22. The number of amides is 1. The Hall–Kier alpha value is -0.530. The van der Waals surface area contributed by atoms with Gasteiger partial charge in [-0.05, 0) is 12.8 Å². The molecule has 0 aromatic carbocycles. The smallest absolute Gasteiger partial charge is 0.220 e. The summed E-state index contributed by atoms with van der Waals surface area (Å²) in [7, 11) is 0. The van der Waals surface area contributed by atoms with Gasteiger partial charge in [-0.25, -0.2) is 0 Å². The Bertz CT molecular complexity index is 90.9. The van der Waals surface area contributed by atoms with Gasteiger partial charge < -0.3 is 5.73 Å². The molecule has 0 rings (SSSR count). The first-order valence-corrected chi connectivity index (χ1v) is 3.31. The molecule has 0 aliphatic carbocycles. The van der Waals surface area contributed by atoms with Crippen LogP contribution in [-0.4, -0.2) is 5.91 Å². The Labute approximate surface area is 56.4 Å². The molecular weight excluding hydrogens is 114 g/mol. The number of primary amides is 1. The van der Waals surface area contributed by atoms with Gasteiger partial charge in [-0.15, -0.1) is 0 Å². The van der Waals surface area contributed by atoms with Gasteiger partial charge in [0, 0.05) is 5.92 Å². The van der Waals surface area contributed by atoms with E-state index in [-0.39, 0.29) is 11.8 Å². The molecule has 1 unspecified atom stereocenters. The number of carbonyl (C=O) groups is 1. The lowest BCUT2D eigenvalue weighted by molar-refractivity contribution is -0.121. The van der Waals surface area contributed by atoms with Crippen molar-refractivity contribution in [1.29, 1.82) is 0 Å². The standard InChI is InChI=1S/C7H14NO/c1-3-5-6(4-2)7(8)9/h4,6H,3,5H2,1-2H3,(H2,8,9). The minimum Gasteiger partial charge on any atom is -0.369 e. The van der Waals surface area contributed by atoms with Crippen LogP contribution in [0.2, 0.25) is 0 Å². The number of hydrogen-bond donors (Lipinski definition) is 1. The lowest BCUT2D eigenvalue weighted by Gasteiger charge is -2.06. The van der Waals surface area contributed by atoms with Crippen LogP contribution in [0.3, 0.4) is 0 Å². The molecule has 1 atom stereocenters. The van der Waals surface area contributed by atoms with Gasteiger partial charge in [-0.1, -0.05) is 20.3 Å². The summed E-state index contributed by atoms with van der Waals surface area (Å²) in [5, 5.41) is 0. The van der Waals surface area contributed by atoms with Crippen molar-refractivity contribution in [3.05, 3.63) is 6.42 Å². The molecule has 2 N–H and O–H groups in total. The molecule has 1 amide bonds. The number of hydrogen-bond acceptors (Lipinski definition) is 1. The zero-order valence-corrected chi connectivity index (χ0v) is 6.05. The zero-order valence-electron chi connectivity index (χ0n) is 6.05. The van der Waals surface area contributed by atoms with Crippen molar-refractivity contribution in [2.24, 2.45) is 11.7 Å². The van der Waals surface area contributed by atoms with Crippen LogP contribution in [0.5, 0.6) is 0 Å². The van der Waals surface area contributed by atoms with Crippen LogP contribution in [0.15, 0.2) is 0 Å². The van der Waals surface area contributed by atoms with Crippen molar-refractivity contribution >= 4 is 5.91 Å². The van der Waals surface area contributed by atoms with E-state index in [4.69, 9.17) is 5.73 Å². The fourth-order valence-electron chi connectivity index (χ4n) is 0.784. The Morgan fingerprint density at radius 1 is 1.78 bits per heavy atom. The fraction of sp³-hybridized carbons (Fsp3) is 0.714. The third kappa shape index (κ3) is 3.12. The van der Waals surface area contributed by atoms with Crippen molar-refractivity contribution in [2.75, 3.05) is 0 Å². The molecule has 0 fully saturated rings. The molecule has 2 nitrogen and oxygen atoms in total. The average Bonchev–Trinajstić information content (AvgIpc) is 1.82. The Balaban J connectivity index is 3.54. The van der Waals surface area contributed by atoms with Gasteiger partial charge in [-0.2, -0.15) is 0 Å². The minimum absolute atomic E-state index is 0.0185. The van der Waals surface area contributed by atoms with Crippen LogP contribution in [-0.2, 0) is 4.79 Å². The van der Waals surface area contributed by atoms with Crippen molar-refractivity contribution in [3.8, 4) is 0 Å². The molecular formula is C7H14NO. The van der Waals surface area contributed by atoms with Crippen molar-refractivity contribution < 1.29 is 4.79 Å². The van der Waals surface area contributed by atoms with Crippen molar-refractivity contribution in [3.63, 3.8) is 0 Å². The van der Waals surface area contributed by atoms with Crippen LogP contribution < -0.4 is 5.73 Å². The molecule has 9 heavy (non-hydrogen) atoms. The highest BCUT2D eigenvalue weighted by Gasteiger charge is 2.10. The van der Waals surface area contributed by atoms with E-state index in [1.807, 2.05) is 20.3 Å². The van der Waals surface area contributed by atoms with Crippen LogP contribution in [0.4, 0.5) is 0 Å². The van der Waals surface area contributed by atoms with Gasteiger partial charge in [0.05, 0.1) is 0 Å². The Morgan fingerprint density at radius 3 is 2.44 bits per heavy atom. The predicted octanol–water partition coefficient (Wildman–Crippen LogP) is 1.11. The largest absolute Gasteiger partial charge is 0.369 e. The van der Waals surface area contributed by atoms with Gasteiger partial charge in [0.25, 0.3) is 0 Å². The molecule has 0 spiro atoms. The summed E-state index contributed by atoms with van der Waals surface area (Å²) in [6.07, 6.45) is 3.75. The second-order valence-electron chi connectivity index (χ2n) is 2.13. The maximum Gasteiger partial charge on any atom is 0.220 e. The summed E-state index contributed by atoms with van der Waals surface area (Å²) in [6, 6.07) is 0. The molecule has 2 heteroatoms. The first-order valence-electron chi connectivity index (χ1n) is 3.31. The van der Waals surface area contributed by atoms with Gasteiger partial charge in [0.2, 0.25) is 5.91 Å². The maximum atomic E-state index is 10.5. The predicted molar refractivity (Wildman–Crippen MR) is 37.6 cm³/mol. The maximum absolute atomic E-state index is 10.5. The molecule has 0 aliphatic rings. The zero-order chi connectivity index (χ0) is 7.28. The first kappa shape index (κ1) is 8.47. The molecule has 53 valence electrons. The lowest BCUT2D eigenvalue weighted by atomic mass is 10.0. The second kappa shape index (κ2) is 4.36. The number of nitrogens with two attached hydrogens (primary N) is 1. The minimum atomic E-state index is -0.209. The van der Waals surface area contributed by atoms with E-state index in [1.165, 1.54) is 0 Å². The van der Waals surface area contributed by atoms with Gasteiger partial charge in [0.15, 0.2) is 0 Å². The summed E-state index contributed by atoms with van der Waals surface area (Å²) in [6.45, 7) is 3.91. The third-order valence-corrected chi connectivity index (χ3v) is 1.37. The summed E-state index contributed by atoms with van der Waals surface area (Å²) >= 11 is 0. The normalized spacial score (nSPS) is 13.1. The van der Waals surface area contributed by atoms with E-state index in [1.54, 1.807) is 0 Å². The molecule has 0 saturated heterocycles. The third-order valence-electron chi connectivity index (χ3n) is 1.37. The molecule has 0 heterocycles. The number of carbonyl (C=O) groups excluding carboxylic acids is 1. The average molecular weight is 128 g/mol. The molecule has 0 bridgehead atoms. The van der Waals surface area contributed by atoms with E-state index in [0.717, 1.165) is 12.8 Å². The SMILES string of the molecule is C[CH]C(CCC)C(N)=O.